The maximum absolute atomic E-state index is 13.9. The minimum atomic E-state index is -0.522. The maximum Gasteiger partial charge on any atom is 0.229 e. The van der Waals surface area contributed by atoms with Gasteiger partial charge in [-0.2, -0.15) is 5.10 Å². The average molecular weight is 506 g/mol. The molecular formula is C29H24FN7O. The number of hydrogen-bond acceptors (Lipinski definition) is 5. The van der Waals surface area contributed by atoms with E-state index >= 15 is 0 Å². The molecule has 0 fully saturated rings. The molecule has 1 amide bonds. The number of carbonyl (C=O) groups is 1. The van der Waals surface area contributed by atoms with Gasteiger partial charge in [-0.15, -0.1) is 0 Å². The Morgan fingerprint density at radius 3 is 2.58 bits per heavy atom. The molecular weight excluding hydrogens is 481 g/mol. The van der Waals surface area contributed by atoms with Crippen LogP contribution < -0.4 is 5.32 Å². The summed E-state index contributed by atoms with van der Waals surface area (Å²) in [5.41, 5.74) is 6.12. The van der Waals surface area contributed by atoms with E-state index in [1.807, 2.05) is 51.1 Å². The van der Waals surface area contributed by atoms with Crippen molar-refractivity contribution in [2.45, 2.75) is 20.8 Å². The summed E-state index contributed by atoms with van der Waals surface area (Å²) >= 11 is 0. The van der Waals surface area contributed by atoms with Crippen molar-refractivity contribution in [1.82, 2.24) is 30.1 Å². The number of hydrogen-bond donors (Lipinski definition) is 3. The molecule has 1 aromatic carbocycles. The number of aromatic nitrogens is 6. The lowest BCUT2D eigenvalue weighted by atomic mass is 9.95. The van der Waals surface area contributed by atoms with Crippen LogP contribution in [0.5, 0.6) is 0 Å². The number of nitrogens with one attached hydrogen (secondary N) is 3. The van der Waals surface area contributed by atoms with Crippen molar-refractivity contribution in [3.8, 4) is 33.8 Å². The van der Waals surface area contributed by atoms with Crippen molar-refractivity contribution in [3.05, 3.63) is 79.1 Å². The molecule has 188 valence electrons. The summed E-state index contributed by atoms with van der Waals surface area (Å²) in [7, 11) is 0. The Morgan fingerprint density at radius 2 is 1.76 bits per heavy atom. The quantitative estimate of drug-likeness (QED) is 0.258. The highest BCUT2D eigenvalue weighted by Gasteiger charge is 2.21. The lowest BCUT2D eigenvalue weighted by Gasteiger charge is -2.17. The highest BCUT2D eigenvalue weighted by molar-refractivity contribution is 6.00. The van der Waals surface area contributed by atoms with E-state index in [-0.39, 0.29) is 11.7 Å². The zero-order valence-electron chi connectivity index (χ0n) is 21.0. The summed E-state index contributed by atoms with van der Waals surface area (Å²) in [5, 5.41) is 12.1. The number of fused-ring (bicyclic) bond motifs is 2. The third-order valence-electron chi connectivity index (χ3n) is 6.34. The number of pyridine rings is 3. The monoisotopic (exact) mass is 505 g/mol. The third kappa shape index (κ3) is 4.28. The molecule has 0 atom stereocenters. The van der Waals surface area contributed by atoms with Crippen LogP contribution in [0, 0.1) is 11.2 Å². The summed E-state index contributed by atoms with van der Waals surface area (Å²) in [4.78, 5) is 29.2. The van der Waals surface area contributed by atoms with Gasteiger partial charge in [0.1, 0.15) is 5.82 Å². The highest BCUT2D eigenvalue weighted by Crippen LogP contribution is 2.34. The average Bonchev–Trinajstić information content (AvgIpc) is 3.52. The summed E-state index contributed by atoms with van der Waals surface area (Å²) in [6.45, 7) is 5.58. The van der Waals surface area contributed by atoms with E-state index in [2.05, 4.69) is 35.5 Å². The zero-order valence-corrected chi connectivity index (χ0v) is 21.0. The summed E-state index contributed by atoms with van der Waals surface area (Å²) < 4.78 is 13.9. The number of carbonyl (C=O) groups excluding carboxylic acids is 1. The topological polar surface area (TPSA) is 112 Å². The van der Waals surface area contributed by atoms with Crippen LogP contribution in [0.1, 0.15) is 20.8 Å². The van der Waals surface area contributed by atoms with Gasteiger partial charge < -0.3 is 10.3 Å². The first-order valence-corrected chi connectivity index (χ1v) is 12.1. The fourth-order valence-corrected chi connectivity index (χ4v) is 4.30. The molecule has 0 saturated heterocycles. The highest BCUT2D eigenvalue weighted by atomic mass is 19.1. The molecule has 5 aromatic heterocycles. The van der Waals surface area contributed by atoms with Crippen LogP contribution in [0.2, 0.25) is 0 Å². The number of nitrogens with zero attached hydrogens (tertiary/aromatic N) is 4. The Hall–Kier alpha value is -4.92. The summed E-state index contributed by atoms with van der Waals surface area (Å²) in [6.07, 6.45) is 6.79. The van der Waals surface area contributed by atoms with Gasteiger partial charge >= 0.3 is 0 Å². The SMILES string of the molecule is CC(C)(C)C(=O)Nc1cncc(-c2cnc3n[nH]c(-c4cc5c(-c6cccc(F)c6)nccc5[nH]4)c3c2)c1. The lowest BCUT2D eigenvalue weighted by Crippen LogP contribution is -2.27. The van der Waals surface area contributed by atoms with E-state index in [4.69, 9.17) is 0 Å². The van der Waals surface area contributed by atoms with E-state index in [0.29, 0.717) is 22.6 Å². The van der Waals surface area contributed by atoms with Gasteiger partial charge in [-0.25, -0.2) is 9.37 Å². The standard InChI is InChI=1S/C29H24FN7O/c1-29(2,3)28(38)34-20-10-17(13-31-15-20)18-11-22-26(36-37-27(22)33-14-18)24-12-21-23(35-24)7-8-32-25(21)16-5-4-6-19(30)9-16/h4-15,35H,1-3H3,(H,34,38)(H,33,36,37). The molecule has 0 unspecified atom stereocenters. The molecule has 5 heterocycles. The predicted octanol–water partition coefficient (Wildman–Crippen LogP) is 6.35. The van der Waals surface area contributed by atoms with Gasteiger partial charge in [-0.3, -0.25) is 19.9 Å². The Morgan fingerprint density at radius 1 is 0.921 bits per heavy atom. The molecule has 6 rings (SSSR count). The number of H-pyrrole nitrogens is 2. The zero-order chi connectivity index (χ0) is 26.4. The van der Waals surface area contributed by atoms with Crippen LogP contribution in [0.25, 0.3) is 55.7 Å². The number of anilines is 1. The number of amides is 1. The lowest BCUT2D eigenvalue weighted by molar-refractivity contribution is -0.123. The van der Waals surface area contributed by atoms with Crippen molar-refractivity contribution >= 4 is 33.5 Å². The van der Waals surface area contributed by atoms with E-state index in [0.717, 1.165) is 38.8 Å². The molecule has 0 aliphatic carbocycles. The van der Waals surface area contributed by atoms with Crippen molar-refractivity contribution < 1.29 is 9.18 Å². The fraction of sp³-hybridized carbons (Fsp3) is 0.138. The molecule has 0 aliphatic heterocycles. The van der Waals surface area contributed by atoms with Crippen molar-refractivity contribution in [2.24, 2.45) is 5.41 Å². The second-order valence-electron chi connectivity index (χ2n) is 10.2. The summed E-state index contributed by atoms with van der Waals surface area (Å²) in [5.74, 6) is -0.403. The fourth-order valence-electron chi connectivity index (χ4n) is 4.30. The second kappa shape index (κ2) is 8.88. The van der Waals surface area contributed by atoms with Gasteiger partial charge in [0.15, 0.2) is 5.65 Å². The van der Waals surface area contributed by atoms with E-state index < -0.39 is 5.41 Å². The smallest absolute Gasteiger partial charge is 0.229 e. The van der Waals surface area contributed by atoms with Gasteiger partial charge in [0.25, 0.3) is 0 Å². The minimum absolute atomic E-state index is 0.0898. The van der Waals surface area contributed by atoms with E-state index in [9.17, 15) is 9.18 Å². The normalized spacial score (nSPS) is 11.8. The molecule has 0 aliphatic rings. The first-order valence-electron chi connectivity index (χ1n) is 12.1. The van der Waals surface area contributed by atoms with Crippen LogP contribution in [-0.2, 0) is 4.79 Å². The predicted molar refractivity (Wildman–Crippen MR) is 146 cm³/mol. The van der Waals surface area contributed by atoms with Crippen LogP contribution in [-0.4, -0.2) is 36.0 Å². The summed E-state index contributed by atoms with van der Waals surface area (Å²) in [6, 6.07) is 14.1. The van der Waals surface area contributed by atoms with E-state index in [1.54, 1.807) is 30.9 Å². The van der Waals surface area contributed by atoms with Crippen molar-refractivity contribution in [3.63, 3.8) is 0 Å². The molecule has 0 bridgehead atoms. The van der Waals surface area contributed by atoms with Crippen LogP contribution in [0.4, 0.5) is 10.1 Å². The molecule has 8 nitrogen and oxygen atoms in total. The Bertz CT molecular complexity index is 1830. The van der Waals surface area contributed by atoms with Crippen LogP contribution >= 0.6 is 0 Å². The van der Waals surface area contributed by atoms with Crippen molar-refractivity contribution in [1.29, 1.82) is 0 Å². The Balaban J connectivity index is 1.40. The van der Waals surface area contributed by atoms with Crippen molar-refractivity contribution in [2.75, 3.05) is 5.32 Å². The molecule has 9 heteroatoms. The molecule has 0 saturated carbocycles. The Kier molecular flexibility index (Phi) is 5.48. The Labute approximate surface area is 217 Å². The third-order valence-corrected chi connectivity index (χ3v) is 6.34. The number of benzene rings is 1. The first-order chi connectivity index (χ1) is 18.3. The van der Waals surface area contributed by atoms with E-state index in [1.165, 1.54) is 12.1 Å². The van der Waals surface area contributed by atoms with Gasteiger partial charge in [-0.1, -0.05) is 32.9 Å². The van der Waals surface area contributed by atoms with Crippen LogP contribution in [0.15, 0.2) is 73.3 Å². The van der Waals surface area contributed by atoms with Crippen LogP contribution in [0.3, 0.4) is 0 Å². The van der Waals surface area contributed by atoms with Gasteiger partial charge in [0.05, 0.1) is 29.0 Å². The second-order valence-corrected chi connectivity index (χ2v) is 10.2. The molecule has 38 heavy (non-hydrogen) atoms. The first kappa shape index (κ1) is 23.5. The largest absolute Gasteiger partial charge is 0.353 e. The van der Waals surface area contributed by atoms with Gasteiger partial charge in [-0.05, 0) is 36.4 Å². The maximum atomic E-state index is 13.9. The van der Waals surface area contributed by atoms with Gasteiger partial charge in [0.2, 0.25) is 5.91 Å². The molecule has 0 radical (unpaired) electrons. The minimum Gasteiger partial charge on any atom is -0.353 e. The number of rotatable bonds is 4. The number of halogens is 1. The van der Waals surface area contributed by atoms with Gasteiger partial charge in [0, 0.05) is 57.0 Å². The number of aromatic amines is 2. The molecule has 6 aromatic rings. The molecule has 3 N–H and O–H groups in total. The molecule has 0 spiro atoms.